The molecule has 0 aliphatic carbocycles. The van der Waals surface area contributed by atoms with Crippen LogP contribution in [0.3, 0.4) is 0 Å². The molecule has 1 aromatic heterocycles. The molecule has 0 radical (unpaired) electrons. The van der Waals surface area contributed by atoms with Crippen molar-refractivity contribution in [1.82, 2.24) is 15.8 Å². The minimum atomic E-state index is -3.74. The summed E-state index contributed by atoms with van der Waals surface area (Å²) in [7, 11) is -3.74. The van der Waals surface area contributed by atoms with E-state index in [0.29, 0.717) is 11.3 Å². The molecule has 2 rings (SSSR count). The molecular weight excluding hydrogens is 338 g/mol. The van der Waals surface area contributed by atoms with Gasteiger partial charge in [-0.15, -0.1) is 0 Å². The fourth-order valence-corrected chi connectivity index (χ4v) is 2.26. The van der Waals surface area contributed by atoms with Crippen LogP contribution < -0.4 is 21.3 Å². The number of pyridine rings is 1. The van der Waals surface area contributed by atoms with Gasteiger partial charge in [-0.3, -0.25) is 20.6 Å². The SMILES string of the molecule is NS(=O)(=O)c1ccc(NC(=S)NNC(=O)c2ccncc2)cc1. The second-order valence-corrected chi connectivity index (χ2v) is 6.31. The van der Waals surface area contributed by atoms with Crippen LogP contribution in [0.1, 0.15) is 10.4 Å². The van der Waals surface area contributed by atoms with E-state index in [1.807, 2.05) is 0 Å². The zero-order valence-corrected chi connectivity index (χ0v) is 13.3. The number of primary sulfonamides is 1. The smallest absolute Gasteiger partial charge is 0.269 e. The molecule has 1 aromatic carbocycles. The summed E-state index contributed by atoms with van der Waals surface area (Å²) < 4.78 is 22.3. The van der Waals surface area contributed by atoms with Gasteiger partial charge >= 0.3 is 0 Å². The second-order valence-electron chi connectivity index (χ2n) is 4.34. The molecule has 0 fully saturated rings. The van der Waals surface area contributed by atoms with Gasteiger partial charge in [0.05, 0.1) is 4.90 Å². The van der Waals surface area contributed by atoms with Crippen LogP contribution in [0.2, 0.25) is 0 Å². The lowest BCUT2D eigenvalue weighted by molar-refractivity contribution is 0.0944. The number of amides is 1. The Morgan fingerprint density at radius 2 is 1.65 bits per heavy atom. The van der Waals surface area contributed by atoms with Crippen molar-refractivity contribution in [3.63, 3.8) is 0 Å². The van der Waals surface area contributed by atoms with Crippen LogP contribution in [0.4, 0.5) is 5.69 Å². The fourth-order valence-electron chi connectivity index (χ4n) is 1.58. The number of hydrazine groups is 1. The number of carbonyl (C=O) groups excluding carboxylic acids is 1. The van der Waals surface area contributed by atoms with E-state index in [4.69, 9.17) is 17.4 Å². The third-order valence-corrected chi connectivity index (χ3v) is 3.81. The van der Waals surface area contributed by atoms with E-state index < -0.39 is 10.0 Å². The van der Waals surface area contributed by atoms with Crippen molar-refractivity contribution >= 4 is 38.9 Å². The summed E-state index contributed by atoms with van der Waals surface area (Å²) >= 11 is 5.02. The summed E-state index contributed by atoms with van der Waals surface area (Å²) in [5.74, 6) is -0.374. The molecule has 23 heavy (non-hydrogen) atoms. The molecule has 0 aliphatic heterocycles. The number of benzene rings is 1. The van der Waals surface area contributed by atoms with Crippen molar-refractivity contribution in [3.8, 4) is 0 Å². The molecule has 10 heteroatoms. The fraction of sp³-hybridized carbons (Fsp3) is 0. The second kappa shape index (κ2) is 7.13. The van der Waals surface area contributed by atoms with E-state index in [-0.39, 0.29) is 15.9 Å². The Morgan fingerprint density at radius 3 is 2.22 bits per heavy atom. The Bertz CT molecular complexity index is 807. The van der Waals surface area contributed by atoms with Gasteiger partial charge in [-0.2, -0.15) is 0 Å². The highest BCUT2D eigenvalue weighted by molar-refractivity contribution is 7.89. The Morgan fingerprint density at radius 1 is 1.04 bits per heavy atom. The first-order valence-electron chi connectivity index (χ1n) is 6.26. The summed E-state index contributed by atoms with van der Waals surface area (Å²) in [6.45, 7) is 0. The molecule has 0 bridgehead atoms. The van der Waals surface area contributed by atoms with Gasteiger partial charge in [0.15, 0.2) is 5.11 Å². The summed E-state index contributed by atoms with van der Waals surface area (Å²) in [6.07, 6.45) is 3.00. The summed E-state index contributed by atoms with van der Waals surface area (Å²) in [5, 5.41) is 7.93. The molecule has 0 spiro atoms. The van der Waals surface area contributed by atoms with Gasteiger partial charge in [0.1, 0.15) is 0 Å². The highest BCUT2D eigenvalue weighted by Crippen LogP contribution is 2.12. The Hall–Kier alpha value is -2.56. The maximum absolute atomic E-state index is 11.8. The van der Waals surface area contributed by atoms with Crippen LogP contribution in [-0.2, 0) is 10.0 Å². The van der Waals surface area contributed by atoms with E-state index in [1.165, 1.54) is 36.7 Å². The van der Waals surface area contributed by atoms with Gasteiger partial charge in [-0.25, -0.2) is 13.6 Å². The molecule has 0 saturated heterocycles. The van der Waals surface area contributed by atoms with Gasteiger partial charge in [0.2, 0.25) is 10.0 Å². The number of rotatable bonds is 3. The number of nitrogens with zero attached hydrogens (tertiary/aromatic N) is 1. The van der Waals surface area contributed by atoms with Gasteiger partial charge in [0, 0.05) is 23.6 Å². The molecule has 0 unspecified atom stereocenters. The zero-order valence-electron chi connectivity index (χ0n) is 11.7. The largest absolute Gasteiger partial charge is 0.331 e. The summed E-state index contributed by atoms with van der Waals surface area (Å²) in [6, 6.07) is 8.79. The summed E-state index contributed by atoms with van der Waals surface area (Å²) in [4.78, 5) is 15.6. The van der Waals surface area contributed by atoms with Crippen molar-refractivity contribution < 1.29 is 13.2 Å². The lowest BCUT2D eigenvalue weighted by Gasteiger charge is -2.11. The highest BCUT2D eigenvalue weighted by Gasteiger charge is 2.08. The van der Waals surface area contributed by atoms with Gasteiger partial charge < -0.3 is 5.32 Å². The minimum absolute atomic E-state index is 0.00656. The number of nitrogens with one attached hydrogen (secondary N) is 3. The maximum Gasteiger partial charge on any atom is 0.269 e. The van der Waals surface area contributed by atoms with Crippen LogP contribution in [0.25, 0.3) is 0 Å². The standard InChI is InChI=1S/C13H13N5O3S2/c14-23(20,21)11-3-1-10(2-4-11)16-13(22)18-17-12(19)9-5-7-15-8-6-9/h1-8H,(H,17,19)(H2,14,20,21)(H2,16,18,22). The molecule has 120 valence electrons. The molecule has 0 aliphatic rings. The lowest BCUT2D eigenvalue weighted by atomic mass is 10.3. The van der Waals surface area contributed by atoms with Crippen LogP contribution in [0.5, 0.6) is 0 Å². The number of hydrogen-bond donors (Lipinski definition) is 4. The first kappa shape index (κ1) is 16.8. The number of thiocarbonyl (C=S) groups is 1. The van der Waals surface area contributed by atoms with Crippen LogP contribution >= 0.6 is 12.2 Å². The number of carbonyl (C=O) groups is 1. The van der Waals surface area contributed by atoms with Crippen LogP contribution in [0, 0.1) is 0 Å². The average Bonchev–Trinajstić information content (AvgIpc) is 2.53. The predicted octanol–water partition coefficient (Wildman–Crippen LogP) is 0.360. The number of hydrogen-bond acceptors (Lipinski definition) is 5. The Balaban J connectivity index is 1.89. The number of nitrogens with two attached hydrogens (primary N) is 1. The monoisotopic (exact) mass is 351 g/mol. The van der Waals surface area contributed by atoms with Crippen molar-refractivity contribution in [2.75, 3.05) is 5.32 Å². The summed E-state index contributed by atoms with van der Waals surface area (Å²) in [5.41, 5.74) is 5.91. The topological polar surface area (TPSA) is 126 Å². The van der Waals surface area contributed by atoms with Crippen molar-refractivity contribution in [2.45, 2.75) is 4.90 Å². The molecular formula is C13H13N5O3S2. The van der Waals surface area contributed by atoms with Gasteiger partial charge in [-0.1, -0.05) is 0 Å². The number of sulfonamides is 1. The van der Waals surface area contributed by atoms with Crippen molar-refractivity contribution in [1.29, 1.82) is 0 Å². The van der Waals surface area contributed by atoms with Gasteiger partial charge in [0.25, 0.3) is 5.91 Å². The van der Waals surface area contributed by atoms with Crippen molar-refractivity contribution in [3.05, 3.63) is 54.4 Å². The first-order valence-corrected chi connectivity index (χ1v) is 8.22. The molecule has 1 heterocycles. The van der Waals surface area contributed by atoms with E-state index in [2.05, 4.69) is 21.2 Å². The molecule has 1 amide bonds. The highest BCUT2D eigenvalue weighted by atomic mass is 32.2. The van der Waals surface area contributed by atoms with Crippen LogP contribution in [-0.4, -0.2) is 24.4 Å². The molecule has 5 N–H and O–H groups in total. The number of anilines is 1. The molecule has 0 atom stereocenters. The Kier molecular flexibility index (Phi) is 5.21. The molecule has 2 aromatic rings. The average molecular weight is 351 g/mol. The Labute approximate surface area is 138 Å². The third kappa shape index (κ3) is 4.98. The van der Waals surface area contributed by atoms with E-state index >= 15 is 0 Å². The lowest BCUT2D eigenvalue weighted by Crippen LogP contribution is -2.43. The predicted molar refractivity (Wildman–Crippen MR) is 88.9 cm³/mol. The van der Waals surface area contributed by atoms with E-state index in [9.17, 15) is 13.2 Å². The molecule has 0 saturated carbocycles. The quantitative estimate of drug-likeness (QED) is 0.464. The van der Waals surface area contributed by atoms with E-state index in [0.717, 1.165) is 0 Å². The normalized spacial score (nSPS) is 10.7. The van der Waals surface area contributed by atoms with E-state index in [1.54, 1.807) is 12.1 Å². The minimum Gasteiger partial charge on any atom is -0.331 e. The maximum atomic E-state index is 11.8. The van der Waals surface area contributed by atoms with Crippen LogP contribution in [0.15, 0.2) is 53.7 Å². The van der Waals surface area contributed by atoms with Crippen molar-refractivity contribution in [2.24, 2.45) is 5.14 Å². The molecule has 8 nitrogen and oxygen atoms in total. The third-order valence-electron chi connectivity index (χ3n) is 2.67. The first-order chi connectivity index (χ1) is 10.9. The number of aromatic nitrogens is 1. The van der Waals surface area contributed by atoms with Gasteiger partial charge in [-0.05, 0) is 48.6 Å². The zero-order chi connectivity index (χ0) is 16.9.